The first-order chi connectivity index (χ1) is 11.1. The van der Waals surface area contributed by atoms with Crippen LogP contribution in [-0.2, 0) is 6.54 Å². The van der Waals surface area contributed by atoms with Gasteiger partial charge in [0, 0.05) is 32.9 Å². The highest BCUT2D eigenvalue weighted by atomic mass is 16.2. The lowest BCUT2D eigenvalue weighted by atomic mass is 9.98. The molecule has 1 atom stereocenters. The van der Waals surface area contributed by atoms with E-state index < -0.39 is 0 Å². The highest BCUT2D eigenvalue weighted by Gasteiger charge is 2.33. The molecule has 0 unspecified atom stereocenters. The Bertz CT molecular complexity index is 572. The summed E-state index contributed by atoms with van der Waals surface area (Å²) >= 11 is 0. The molecule has 0 bridgehead atoms. The summed E-state index contributed by atoms with van der Waals surface area (Å²) in [5.41, 5.74) is 2.37. The molecule has 0 radical (unpaired) electrons. The maximum atomic E-state index is 12.9. The summed E-state index contributed by atoms with van der Waals surface area (Å²) in [5, 5.41) is 0. The van der Waals surface area contributed by atoms with Crippen LogP contribution in [0.1, 0.15) is 25.0 Å². The van der Waals surface area contributed by atoms with E-state index in [9.17, 15) is 4.79 Å². The first-order valence-corrected chi connectivity index (χ1v) is 8.44. The van der Waals surface area contributed by atoms with Crippen LogP contribution in [0.4, 0.5) is 4.79 Å². The van der Waals surface area contributed by atoms with Gasteiger partial charge in [-0.2, -0.15) is 0 Å². The van der Waals surface area contributed by atoms with Crippen LogP contribution in [0.2, 0.25) is 0 Å². The Hall–Kier alpha value is -1.88. The fourth-order valence-corrected chi connectivity index (χ4v) is 3.49. The van der Waals surface area contributed by atoms with Gasteiger partial charge in [0.2, 0.25) is 0 Å². The van der Waals surface area contributed by atoms with Crippen molar-refractivity contribution in [2.75, 3.05) is 33.7 Å². The maximum absolute atomic E-state index is 12.9. The monoisotopic (exact) mass is 314 g/mol. The first kappa shape index (κ1) is 16.0. The highest BCUT2D eigenvalue weighted by Crippen LogP contribution is 2.28. The van der Waals surface area contributed by atoms with Crippen LogP contribution in [-0.4, -0.2) is 65.5 Å². The molecule has 3 heterocycles. The smallest absolute Gasteiger partial charge is 0.320 e. The molecule has 1 aromatic heterocycles. The van der Waals surface area contributed by atoms with Crippen molar-refractivity contribution in [1.29, 1.82) is 0 Å². The van der Waals surface area contributed by atoms with Crippen LogP contribution in [0.5, 0.6) is 0 Å². The molecule has 0 aromatic carbocycles. The van der Waals surface area contributed by atoms with Crippen LogP contribution in [0.25, 0.3) is 0 Å². The minimum absolute atomic E-state index is 0.123. The van der Waals surface area contributed by atoms with Gasteiger partial charge in [0.25, 0.3) is 0 Å². The van der Waals surface area contributed by atoms with E-state index in [4.69, 9.17) is 0 Å². The van der Waals surface area contributed by atoms with Crippen LogP contribution >= 0.6 is 0 Å². The molecule has 0 saturated carbocycles. The second-order valence-corrected chi connectivity index (χ2v) is 6.60. The van der Waals surface area contributed by atoms with E-state index >= 15 is 0 Å². The Morgan fingerprint density at radius 2 is 2.26 bits per heavy atom. The van der Waals surface area contributed by atoms with Gasteiger partial charge in [0.1, 0.15) is 0 Å². The van der Waals surface area contributed by atoms with Crippen molar-refractivity contribution in [3.05, 3.63) is 41.7 Å². The Balaban J connectivity index is 1.66. The number of carbonyl (C=O) groups is 1. The molecule has 5 heteroatoms. The zero-order valence-corrected chi connectivity index (χ0v) is 14.1. The molecule has 0 aliphatic carbocycles. The van der Waals surface area contributed by atoms with Crippen molar-refractivity contribution >= 4 is 6.03 Å². The van der Waals surface area contributed by atoms with Gasteiger partial charge in [-0.25, -0.2) is 4.79 Å². The summed E-state index contributed by atoms with van der Waals surface area (Å²) < 4.78 is 0. The number of hydrogen-bond donors (Lipinski definition) is 0. The third kappa shape index (κ3) is 3.72. The molecule has 124 valence electrons. The van der Waals surface area contributed by atoms with E-state index in [0.29, 0.717) is 12.6 Å². The van der Waals surface area contributed by atoms with Crippen molar-refractivity contribution < 1.29 is 4.79 Å². The van der Waals surface area contributed by atoms with Gasteiger partial charge in [0.05, 0.1) is 18.3 Å². The molecule has 23 heavy (non-hydrogen) atoms. The quantitative estimate of drug-likeness (QED) is 0.804. The average molecular weight is 314 g/mol. The number of urea groups is 1. The maximum Gasteiger partial charge on any atom is 0.320 e. The van der Waals surface area contributed by atoms with Gasteiger partial charge in [0.15, 0.2) is 0 Å². The molecule has 1 aromatic rings. The molecule has 3 rings (SSSR count). The molecular formula is C18H26N4O. The molecule has 2 aliphatic rings. The summed E-state index contributed by atoms with van der Waals surface area (Å²) in [7, 11) is 4.01. The zero-order chi connectivity index (χ0) is 16.2. The van der Waals surface area contributed by atoms with Gasteiger partial charge in [-0.1, -0.05) is 12.1 Å². The third-order valence-corrected chi connectivity index (χ3v) is 4.83. The Morgan fingerprint density at radius 3 is 2.96 bits per heavy atom. The first-order valence-electron chi connectivity index (χ1n) is 8.44. The van der Waals surface area contributed by atoms with Gasteiger partial charge < -0.3 is 14.7 Å². The van der Waals surface area contributed by atoms with Crippen LogP contribution in [0.15, 0.2) is 36.0 Å². The number of likely N-dealkylation sites (N-methyl/N-ethyl adjacent to an activating group) is 1. The van der Waals surface area contributed by atoms with Crippen LogP contribution in [0, 0.1) is 0 Å². The lowest BCUT2D eigenvalue weighted by Crippen LogP contribution is -2.45. The summed E-state index contributed by atoms with van der Waals surface area (Å²) in [6, 6.07) is 6.24. The van der Waals surface area contributed by atoms with Gasteiger partial charge >= 0.3 is 6.03 Å². The van der Waals surface area contributed by atoms with E-state index in [1.807, 2.05) is 25.2 Å². The molecule has 2 amide bonds. The molecule has 2 aliphatic heterocycles. The minimum atomic E-state index is 0.123. The second-order valence-electron chi connectivity index (χ2n) is 6.60. The lowest BCUT2D eigenvalue weighted by Gasteiger charge is -2.33. The van der Waals surface area contributed by atoms with E-state index in [0.717, 1.165) is 44.6 Å². The number of rotatable bonds is 3. The van der Waals surface area contributed by atoms with Gasteiger partial charge in [-0.3, -0.25) is 4.98 Å². The number of nitrogens with zero attached hydrogens (tertiary/aromatic N) is 4. The Morgan fingerprint density at radius 1 is 1.39 bits per heavy atom. The normalized spacial score (nSPS) is 22.1. The van der Waals surface area contributed by atoms with Crippen molar-refractivity contribution in [2.24, 2.45) is 0 Å². The van der Waals surface area contributed by atoms with Gasteiger partial charge in [-0.15, -0.1) is 0 Å². The summed E-state index contributed by atoms with van der Waals surface area (Å²) in [4.78, 5) is 23.3. The van der Waals surface area contributed by atoms with E-state index in [1.54, 1.807) is 11.1 Å². The molecule has 5 nitrogen and oxygen atoms in total. The number of carbonyl (C=O) groups excluding carboxylic acids is 1. The largest absolute Gasteiger partial charge is 0.322 e. The van der Waals surface area contributed by atoms with E-state index in [-0.39, 0.29) is 6.03 Å². The topological polar surface area (TPSA) is 39.7 Å². The predicted molar refractivity (Wildman–Crippen MR) is 91.0 cm³/mol. The molecule has 1 fully saturated rings. The van der Waals surface area contributed by atoms with Gasteiger partial charge in [-0.05, 0) is 44.0 Å². The van der Waals surface area contributed by atoms with E-state index in [1.165, 1.54) is 5.57 Å². The van der Waals surface area contributed by atoms with E-state index in [2.05, 4.69) is 27.9 Å². The fraction of sp³-hybridized carbons (Fsp3) is 0.556. The molecular weight excluding hydrogens is 288 g/mol. The number of likely N-dealkylation sites (tertiary alicyclic amines) is 1. The van der Waals surface area contributed by atoms with Crippen molar-refractivity contribution in [3.8, 4) is 0 Å². The van der Waals surface area contributed by atoms with Crippen molar-refractivity contribution in [1.82, 2.24) is 19.7 Å². The highest BCUT2D eigenvalue weighted by molar-refractivity contribution is 5.75. The van der Waals surface area contributed by atoms with Crippen molar-refractivity contribution in [3.63, 3.8) is 0 Å². The number of amides is 2. The zero-order valence-electron chi connectivity index (χ0n) is 14.1. The third-order valence-electron chi connectivity index (χ3n) is 4.83. The molecule has 1 saturated heterocycles. The van der Waals surface area contributed by atoms with Crippen molar-refractivity contribution in [2.45, 2.75) is 31.8 Å². The Kier molecular flexibility index (Phi) is 4.96. The molecule has 0 spiro atoms. The second kappa shape index (κ2) is 7.13. The average Bonchev–Trinajstić information content (AvgIpc) is 3.05. The standard InChI is InChI=1S/C18H26N4O/c1-20-12-8-15(9-13-20)17-7-5-11-22(17)18(23)21(2)14-16-6-3-4-10-19-16/h3-4,6,8,10,17H,5,7,9,11-14H2,1-2H3/t17-/m0/s1. The number of hydrogen-bond acceptors (Lipinski definition) is 3. The minimum Gasteiger partial charge on any atom is -0.322 e. The van der Waals surface area contributed by atoms with Crippen LogP contribution in [0.3, 0.4) is 0 Å². The number of aromatic nitrogens is 1. The molecule has 0 N–H and O–H groups in total. The number of pyridine rings is 1. The summed E-state index contributed by atoms with van der Waals surface area (Å²) in [5.74, 6) is 0. The summed E-state index contributed by atoms with van der Waals surface area (Å²) in [6.45, 7) is 3.51. The van der Waals surface area contributed by atoms with Crippen LogP contribution < -0.4 is 0 Å². The predicted octanol–water partition coefficient (Wildman–Crippen LogP) is 2.36. The fourth-order valence-electron chi connectivity index (χ4n) is 3.49. The Labute approximate surface area is 138 Å². The SMILES string of the molecule is CN1CC=C([C@@H]2CCCN2C(=O)N(C)Cc2ccccn2)CC1. The summed E-state index contributed by atoms with van der Waals surface area (Å²) in [6.07, 6.45) is 7.36. The lowest BCUT2D eigenvalue weighted by molar-refractivity contribution is 0.159.